The van der Waals surface area contributed by atoms with Crippen LogP contribution in [0.4, 0.5) is 5.95 Å². The van der Waals surface area contributed by atoms with Gasteiger partial charge in [0, 0.05) is 10.0 Å². The van der Waals surface area contributed by atoms with Crippen molar-refractivity contribution in [2.75, 3.05) is 19.0 Å². The van der Waals surface area contributed by atoms with Crippen molar-refractivity contribution in [2.45, 2.75) is 6.54 Å². The van der Waals surface area contributed by atoms with Crippen molar-refractivity contribution in [3.05, 3.63) is 82.8 Å². The highest BCUT2D eigenvalue weighted by Gasteiger charge is 2.14. The second-order valence-electron chi connectivity index (χ2n) is 6.56. The third-order valence-corrected chi connectivity index (χ3v) is 5.16. The van der Waals surface area contributed by atoms with Crippen molar-refractivity contribution >= 4 is 38.8 Å². The van der Waals surface area contributed by atoms with E-state index in [0.29, 0.717) is 30.4 Å². The Kier molecular flexibility index (Phi) is 5.99. The minimum Gasteiger partial charge on any atom is -0.497 e. The van der Waals surface area contributed by atoms with Crippen LogP contribution in [0.1, 0.15) is 10.4 Å². The summed E-state index contributed by atoms with van der Waals surface area (Å²) in [7, 11) is 1.59. The fraction of sp³-hybridized carbons (Fsp3) is 0.130. The Labute approximate surface area is 182 Å². The Morgan fingerprint density at radius 2 is 1.70 bits per heavy atom. The molecular formula is C23H20BrN3O3. The van der Waals surface area contributed by atoms with Crippen molar-refractivity contribution in [3.63, 3.8) is 0 Å². The van der Waals surface area contributed by atoms with Crippen LogP contribution in [0, 0.1) is 0 Å². The van der Waals surface area contributed by atoms with Crippen LogP contribution >= 0.6 is 15.9 Å². The summed E-state index contributed by atoms with van der Waals surface area (Å²) in [6.07, 6.45) is 0. The summed E-state index contributed by atoms with van der Waals surface area (Å²) in [6.45, 7) is 0.974. The number of carbonyl (C=O) groups excluding carboxylic acids is 1. The Balaban J connectivity index is 1.53. The molecule has 0 saturated carbocycles. The number of para-hydroxylation sites is 2. The second kappa shape index (κ2) is 9.00. The van der Waals surface area contributed by atoms with E-state index in [1.54, 1.807) is 31.4 Å². The van der Waals surface area contributed by atoms with Gasteiger partial charge in [-0.1, -0.05) is 28.1 Å². The summed E-state index contributed by atoms with van der Waals surface area (Å²) in [4.78, 5) is 17.3. The molecule has 1 heterocycles. The maximum absolute atomic E-state index is 12.7. The molecule has 0 unspecified atom stereocenters. The summed E-state index contributed by atoms with van der Waals surface area (Å²) in [6, 6.07) is 22.4. The lowest BCUT2D eigenvalue weighted by molar-refractivity contribution is 0.102. The number of aromatic nitrogens is 2. The number of benzene rings is 3. The monoisotopic (exact) mass is 465 g/mol. The fourth-order valence-corrected chi connectivity index (χ4v) is 3.36. The van der Waals surface area contributed by atoms with Crippen LogP contribution in [0.5, 0.6) is 11.5 Å². The summed E-state index contributed by atoms with van der Waals surface area (Å²) < 4.78 is 14.0. The van der Waals surface area contributed by atoms with Gasteiger partial charge in [0.25, 0.3) is 5.91 Å². The normalized spacial score (nSPS) is 10.7. The van der Waals surface area contributed by atoms with E-state index < -0.39 is 0 Å². The number of imidazole rings is 1. The fourth-order valence-electron chi connectivity index (χ4n) is 3.10. The number of nitrogens with zero attached hydrogens (tertiary/aromatic N) is 2. The Bertz CT molecular complexity index is 1150. The van der Waals surface area contributed by atoms with Crippen LogP contribution in [0.2, 0.25) is 0 Å². The number of methoxy groups -OCH3 is 1. The van der Waals surface area contributed by atoms with Crippen LogP contribution in [0.25, 0.3) is 11.0 Å². The third kappa shape index (κ3) is 4.46. The number of fused-ring (bicyclic) bond motifs is 1. The Morgan fingerprint density at radius 3 is 2.43 bits per heavy atom. The van der Waals surface area contributed by atoms with Gasteiger partial charge in [-0.15, -0.1) is 0 Å². The molecule has 1 N–H and O–H groups in total. The number of hydrogen-bond acceptors (Lipinski definition) is 4. The van der Waals surface area contributed by atoms with E-state index in [1.807, 2.05) is 53.1 Å². The van der Waals surface area contributed by atoms with Crippen LogP contribution in [-0.4, -0.2) is 29.2 Å². The molecule has 0 bridgehead atoms. The second-order valence-corrected chi connectivity index (χ2v) is 7.48. The van der Waals surface area contributed by atoms with E-state index in [4.69, 9.17) is 9.47 Å². The zero-order valence-electron chi connectivity index (χ0n) is 16.3. The lowest BCUT2D eigenvalue weighted by atomic mass is 10.2. The topological polar surface area (TPSA) is 65.4 Å². The molecule has 0 spiro atoms. The van der Waals surface area contributed by atoms with Crippen molar-refractivity contribution in [1.29, 1.82) is 0 Å². The van der Waals surface area contributed by atoms with Gasteiger partial charge in [-0.2, -0.15) is 0 Å². The van der Waals surface area contributed by atoms with Crippen LogP contribution < -0.4 is 14.8 Å². The lowest BCUT2D eigenvalue weighted by Crippen LogP contribution is -2.17. The average Bonchev–Trinajstić information content (AvgIpc) is 3.12. The molecule has 0 saturated heterocycles. The number of hydrogen-bond donors (Lipinski definition) is 1. The predicted molar refractivity (Wildman–Crippen MR) is 120 cm³/mol. The molecule has 1 amide bonds. The summed E-state index contributed by atoms with van der Waals surface area (Å²) in [5, 5.41) is 2.92. The first-order valence-electron chi connectivity index (χ1n) is 9.43. The SMILES string of the molecule is COc1ccc(C(=O)Nc2nc3ccccc3n2CCOc2ccc(Br)cc2)cc1. The molecule has 6 nitrogen and oxygen atoms in total. The van der Waals surface area contributed by atoms with Crippen LogP contribution in [-0.2, 0) is 6.54 Å². The number of anilines is 1. The average molecular weight is 466 g/mol. The van der Waals surface area contributed by atoms with Crippen molar-refractivity contribution in [2.24, 2.45) is 0 Å². The van der Waals surface area contributed by atoms with E-state index in [2.05, 4.69) is 26.2 Å². The molecule has 4 rings (SSSR count). The van der Waals surface area contributed by atoms with E-state index in [-0.39, 0.29) is 5.91 Å². The zero-order valence-corrected chi connectivity index (χ0v) is 17.9. The van der Waals surface area contributed by atoms with Gasteiger partial charge < -0.3 is 14.0 Å². The molecule has 152 valence electrons. The number of amides is 1. The van der Waals surface area contributed by atoms with Gasteiger partial charge in [0.1, 0.15) is 18.1 Å². The number of halogens is 1. The lowest BCUT2D eigenvalue weighted by Gasteiger charge is -2.12. The highest BCUT2D eigenvalue weighted by molar-refractivity contribution is 9.10. The van der Waals surface area contributed by atoms with E-state index >= 15 is 0 Å². The minimum atomic E-state index is -0.233. The van der Waals surface area contributed by atoms with Gasteiger partial charge in [-0.3, -0.25) is 10.1 Å². The molecule has 0 fully saturated rings. The molecule has 0 radical (unpaired) electrons. The molecule has 7 heteroatoms. The standard InChI is InChI=1S/C23H20BrN3O3/c1-29-18-10-6-16(7-11-18)22(28)26-23-25-20-4-2-3-5-21(20)27(23)14-15-30-19-12-8-17(24)9-13-19/h2-13H,14-15H2,1H3,(H,25,26,28). The number of nitrogens with one attached hydrogen (secondary N) is 1. The highest BCUT2D eigenvalue weighted by Crippen LogP contribution is 2.21. The maximum Gasteiger partial charge on any atom is 0.257 e. The molecule has 1 aromatic heterocycles. The smallest absolute Gasteiger partial charge is 0.257 e. The van der Waals surface area contributed by atoms with E-state index in [0.717, 1.165) is 21.3 Å². The molecule has 3 aromatic carbocycles. The molecule has 0 aliphatic rings. The number of rotatable bonds is 7. The van der Waals surface area contributed by atoms with Crippen molar-refractivity contribution in [1.82, 2.24) is 9.55 Å². The quantitative estimate of drug-likeness (QED) is 0.410. The zero-order chi connectivity index (χ0) is 20.9. The van der Waals surface area contributed by atoms with E-state index in [1.165, 1.54) is 0 Å². The largest absolute Gasteiger partial charge is 0.497 e. The summed E-state index contributed by atoms with van der Waals surface area (Å²) in [5.74, 6) is 1.73. The molecular weight excluding hydrogens is 446 g/mol. The van der Waals surface area contributed by atoms with Crippen LogP contribution in [0.15, 0.2) is 77.3 Å². The number of carbonyl (C=O) groups is 1. The molecule has 4 aromatic rings. The Hall–Kier alpha value is -3.32. The third-order valence-electron chi connectivity index (χ3n) is 4.63. The van der Waals surface area contributed by atoms with Gasteiger partial charge in [-0.25, -0.2) is 4.98 Å². The van der Waals surface area contributed by atoms with E-state index in [9.17, 15) is 4.79 Å². The molecule has 0 aliphatic heterocycles. The molecule has 0 aliphatic carbocycles. The van der Waals surface area contributed by atoms with Gasteiger partial charge in [0.2, 0.25) is 5.95 Å². The first-order chi connectivity index (χ1) is 14.6. The predicted octanol–water partition coefficient (Wildman–Crippen LogP) is 5.14. The molecule has 30 heavy (non-hydrogen) atoms. The minimum absolute atomic E-state index is 0.233. The summed E-state index contributed by atoms with van der Waals surface area (Å²) >= 11 is 3.42. The van der Waals surface area contributed by atoms with Crippen LogP contribution in [0.3, 0.4) is 0 Å². The first-order valence-corrected chi connectivity index (χ1v) is 10.2. The van der Waals surface area contributed by atoms with Gasteiger partial charge in [0.05, 0.1) is 24.7 Å². The van der Waals surface area contributed by atoms with Gasteiger partial charge >= 0.3 is 0 Å². The van der Waals surface area contributed by atoms with Crippen molar-refractivity contribution in [3.8, 4) is 11.5 Å². The summed E-state index contributed by atoms with van der Waals surface area (Å²) in [5.41, 5.74) is 2.27. The maximum atomic E-state index is 12.7. The van der Waals surface area contributed by atoms with Gasteiger partial charge in [0.15, 0.2) is 0 Å². The Morgan fingerprint density at radius 1 is 1.00 bits per heavy atom. The van der Waals surface area contributed by atoms with Gasteiger partial charge in [-0.05, 0) is 60.7 Å². The number of ether oxygens (including phenoxy) is 2. The highest BCUT2D eigenvalue weighted by atomic mass is 79.9. The first kappa shape index (κ1) is 20.0. The molecule has 0 atom stereocenters. The van der Waals surface area contributed by atoms with Crippen molar-refractivity contribution < 1.29 is 14.3 Å².